The highest BCUT2D eigenvalue weighted by molar-refractivity contribution is 7.98. The fourth-order valence-electron chi connectivity index (χ4n) is 4.42. The van der Waals surface area contributed by atoms with E-state index < -0.39 is 5.91 Å². The Hall–Kier alpha value is -3.91. The Labute approximate surface area is 200 Å². The Morgan fingerprint density at radius 3 is 2.00 bits per heavy atom. The molecule has 2 aliphatic heterocycles. The van der Waals surface area contributed by atoms with Crippen LogP contribution in [0.2, 0.25) is 0 Å². The molecule has 0 bridgehead atoms. The van der Waals surface area contributed by atoms with Gasteiger partial charge >= 0.3 is 0 Å². The Morgan fingerprint density at radius 1 is 0.765 bits per heavy atom. The zero-order valence-electron chi connectivity index (χ0n) is 18.4. The maximum Gasteiger partial charge on any atom is 0.281 e. The molecule has 0 saturated carbocycles. The monoisotopic (exact) mass is 471 g/mol. The molecule has 0 unspecified atom stereocenters. The Kier molecular flexibility index (Phi) is 5.67. The van der Waals surface area contributed by atoms with Crippen molar-refractivity contribution in [3.05, 3.63) is 83.4 Å². The van der Waals surface area contributed by atoms with E-state index >= 15 is 0 Å². The molecule has 0 atom stereocenters. The number of anilines is 1. The first kappa shape index (κ1) is 21.9. The molecule has 2 aliphatic rings. The average molecular weight is 472 g/mol. The lowest BCUT2D eigenvalue weighted by Gasteiger charge is -2.20. The van der Waals surface area contributed by atoms with Gasteiger partial charge in [-0.2, -0.15) is 0 Å². The molecule has 3 amide bonds. The van der Waals surface area contributed by atoms with Gasteiger partial charge in [-0.1, -0.05) is 35.5 Å². The minimum absolute atomic E-state index is 0.0139. The van der Waals surface area contributed by atoms with Crippen LogP contribution in [-0.4, -0.2) is 52.9 Å². The molecule has 8 heteroatoms. The van der Waals surface area contributed by atoms with Gasteiger partial charge in [-0.25, -0.2) is 0 Å². The van der Waals surface area contributed by atoms with E-state index in [-0.39, 0.29) is 30.6 Å². The molecule has 0 fully saturated rings. The van der Waals surface area contributed by atoms with Gasteiger partial charge in [0, 0.05) is 23.5 Å². The number of amides is 3. The normalized spacial score (nSPS) is 15.9. The van der Waals surface area contributed by atoms with Crippen molar-refractivity contribution in [3.8, 4) is 11.1 Å². The second-order valence-corrected chi connectivity index (χ2v) is 8.91. The van der Waals surface area contributed by atoms with Crippen molar-refractivity contribution < 1.29 is 19.6 Å². The third-order valence-electron chi connectivity index (χ3n) is 6.16. The van der Waals surface area contributed by atoms with Crippen molar-refractivity contribution in [3.63, 3.8) is 0 Å². The van der Waals surface area contributed by atoms with Crippen molar-refractivity contribution in [2.24, 2.45) is 5.16 Å². The van der Waals surface area contributed by atoms with Gasteiger partial charge in [0.25, 0.3) is 17.7 Å². The van der Waals surface area contributed by atoms with Crippen molar-refractivity contribution in [2.45, 2.75) is 11.3 Å². The summed E-state index contributed by atoms with van der Waals surface area (Å²) in [6.45, 7) is 0.458. The smallest absolute Gasteiger partial charge is 0.281 e. The molecule has 170 valence electrons. The minimum atomic E-state index is -0.408. The predicted molar refractivity (Wildman–Crippen MR) is 131 cm³/mol. The number of benzene rings is 3. The standard InChI is InChI=1S/C26H21N3O4S/c1-34-18-10-7-16(8-11-18)17-9-12-21-22(15-17)28(26(32)23(21)27-33)13-4-14-29-24(30)19-5-2-3-6-20(19)25(29)31/h2-3,5-12,15,33H,4,13-14H2,1H3/b27-23+. The van der Waals surface area contributed by atoms with Gasteiger partial charge in [0.2, 0.25) is 0 Å². The number of fused-ring (bicyclic) bond motifs is 2. The van der Waals surface area contributed by atoms with Gasteiger partial charge in [0.15, 0.2) is 5.71 Å². The summed E-state index contributed by atoms with van der Waals surface area (Å²) in [6.07, 6.45) is 2.41. The first-order chi connectivity index (χ1) is 16.5. The van der Waals surface area contributed by atoms with Crippen LogP contribution in [0.4, 0.5) is 5.69 Å². The number of nitrogens with zero attached hydrogens (tertiary/aromatic N) is 3. The molecular weight excluding hydrogens is 450 g/mol. The van der Waals surface area contributed by atoms with Crippen LogP contribution in [0.15, 0.2) is 76.8 Å². The van der Waals surface area contributed by atoms with E-state index in [1.165, 1.54) is 4.90 Å². The number of rotatable bonds is 6. The minimum Gasteiger partial charge on any atom is -0.410 e. The number of thioether (sulfide) groups is 1. The van der Waals surface area contributed by atoms with Crippen LogP contribution in [0.3, 0.4) is 0 Å². The third-order valence-corrected chi connectivity index (χ3v) is 6.90. The molecular formula is C26H21N3O4S. The Morgan fingerprint density at radius 2 is 1.38 bits per heavy atom. The quantitative estimate of drug-likeness (QED) is 0.251. The molecule has 3 aromatic carbocycles. The average Bonchev–Trinajstić information content (AvgIpc) is 3.28. The Balaban J connectivity index is 1.36. The number of hydrogen-bond acceptors (Lipinski definition) is 6. The summed E-state index contributed by atoms with van der Waals surface area (Å²) < 4.78 is 0. The van der Waals surface area contributed by atoms with Crippen LogP contribution in [0.25, 0.3) is 11.1 Å². The highest BCUT2D eigenvalue weighted by atomic mass is 32.2. The highest BCUT2D eigenvalue weighted by Crippen LogP contribution is 2.34. The zero-order valence-corrected chi connectivity index (χ0v) is 19.2. The zero-order chi connectivity index (χ0) is 23.8. The van der Waals surface area contributed by atoms with Crippen LogP contribution in [-0.2, 0) is 4.79 Å². The highest BCUT2D eigenvalue weighted by Gasteiger charge is 2.37. The number of carbonyl (C=O) groups is 3. The van der Waals surface area contributed by atoms with E-state index in [4.69, 9.17) is 0 Å². The van der Waals surface area contributed by atoms with Crippen LogP contribution in [0.5, 0.6) is 0 Å². The van der Waals surface area contributed by atoms with E-state index in [9.17, 15) is 19.6 Å². The van der Waals surface area contributed by atoms with Crippen LogP contribution < -0.4 is 4.90 Å². The lowest BCUT2D eigenvalue weighted by Crippen LogP contribution is -2.35. The summed E-state index contributed by atoms with van der Waals surface area (Å²) in [6, 6.07) is 20.5. The first-order valence-electron chi connectivity index (χ1n) is 10.8. The molecule has 1 N–H and O–H groups in total. The lowest BCUT2D eigenvalue weighted by atomic mass is 10.0. The number of oxime groups is 1. The van der Waals surface area contributed by atoms with Gasteiger partial charge < -0.3 is 10.1 Å². The first-order valence-corrected chi connectivity index (χ1v) is 12.0. The molecule has 0 radical (unpaired) electrons. The van der Waals surface area contributed by atoms with Gasteiger partial charge in [-0.05, 0) is 60.2 Å². The van der Waals surface area contributed by atoms with Crippen molar-refractivity contribution >= 4 is 40.9 Å². The van der Waals surface area contributed by atoms with Crippen molar-refractivity contribution in [2.75, 3.05) is 24.2 Å². The summed E-state index contributed by atoms with van der Waals surface area (Å²) in [4.78, 5) is 42.1. The third kappa shape index (κ3) is 3.56. The van der Waals surface area contributed by atoms with E-state index in [1.807, 2.05) is 42.7 Å². The molecule has 5 rings (SSSR count). The van der Waals surface area contributed by atoms with Crippen LogP contribution >= 0.6 is 11.8 Å². The van der Waals surface area contributed by atoms with Crippen molar-refractivity contribution in [1.29, 1.82) is 0 Å². The van der Waals surface area contributed by atoms with E-state index in [1.54, 1.807) is 47.0 Å². The molecule has 7 nitrogen and oxygen atoms in total. The van der Waals surface area contributed by atoms with Crippen LogP contribution in [0.1, 0.15) is 32.7 Å². The van der Waals surface area contributed by atoms with E-state index in [2.05, 4.69) is 5.16 Å². The maximum absolute atomic E-state index is 12.9. The SMILES string of the molecule is CSc1ccc(-c2ccc3c(c2)N(CCCN2C(=O)c4ccccc4C2=O)C(=O)/C3=N/O)cc1. The molecule has 2 heterocycles. The number of hydrogen-bond donors (Lipinski definition) is 1. The lowest BCUT2D eigenvalue weighted by molar-refractivity contribution is -0.112. The topological polar surface area (TPSA) is 90.3 Å². The molecule has 0 spiro atoms. The van der Waals surface area contributed by atoms with Gasteiger partial charge in [-0.3, -0.25) is 19.3 Å². The van der Waals surface area contributed by atoms with E-state index in [0.29, 0.717) is 28.8 Å². The summed E-state index contributed by atoms with van der Waals surface area (Å²) in [5, 5.41) is 12.7. The summed E-state index contributed by atoms with van der Waals surface area (Å²) >= 11 is 1.66. The largest absolute Gasteiger partial charge is 0.410 e. The second-order valence-electron chi connectivity index (χ2n) is 8.03. The fourth-order valence-corrected chi connectivity index (χ4v) is 4.83. The fraction of sp³-hybridized carbons (Fsp3) is 0.154. The number of carbonyl (C=O) groups excluding carboxylic acids is 3. The summed E-state index contributed by atoms with van der Waals surface area (Å²) in [7, 11) is 0. The molecule has 34 heavy (non-hydrogen) atoms. The van der Waals surface area contributed by atoms with Crippen molar-refractivity contribution in [1.82, 2.24) is 4.90 Å². The summed E-state index contributed by atoms with van der Waals surface area (Å²) in [5.74, 6) is -1.04. The second kappa shape index (κ2) is 8.79. The predicted octanol–water partition coefficient (Wildman–Crippen LogP) is 4.29. The van der Waals surface area contributed by atoms with Crippen LogP contribution in [0, 0.1) is 0 Å². The van der Waals surface area contributed by atoms with Gasteiger partial charge in [0.05, 0.1) is 16.8 Å². The van der Waals surface area contributed by atoms with E-state index in [0.717, 1.165) is 16.0 Å². The molecule has 0 saturated heterocycles. The van der Waals surface area contributed by atoms with Gasteiger partial charge in [0.1, 0.15) is 0 Å². The molecule has 0 aliphatic carbocycles. The maximum atomic E-state index is 12.9. The van der Waals surface area contributed by atoms with Gasteiger partial charge in [-0.15, -0.1) is 11.8 Å². The number of imide groups is 1. The molecule has 3 aromatic rings. The Bertz CT molecular complexity index is 1320. The molecule has 0 aromatic heterocycles. The summed E-state index contributed by atoms with van der Waals surface area (Å²) in [5.41, 5.74) is 3.94.